The van der Waals surface area contributed by atoms with Crippen molar-refractivity contribution in [2.24, 2.45) is 5.73 Å². The van der Waals surface area contributed by atoms with E-state index in [1.54, 1.807) is 42.5 Å². The van der Waals surface area contributed by atoms with Gasteiger partial charge in [-0.25, -0.2) is 27.3 Å². The first kappa shape index (κ1) is 33.2. The summed E-state index contributed by atoms with van der Waals surface area (Å²) in [5, 5.41) is 4.58. The molecule has 5 N–H and O–H groups in total. The van der Waals surface area contributed by atoms with Crippen molar-refractivity contribution >= 4 is 33.8 Å². The zero-order valence-electron chi connectivity index (χ0n) is 24.1. The summed E-state index contributed by atoms with van der Waals surface area (Å²) in [7, 11) is -4.40. The molecule has 4 amide bonds. The average Bonchev–Trinajstić information content (AvgIpc) is 3.05. The van der Waals surface area contributed by atoms with Gasteiger partial charge in [-0.1, -0.05) is 42.5 Å². The molecule has 0 saturated heterocycles. The second-order valence-corrected chi connectivity index (χ2v) is 11.2. The predicted octanol–water partition coefficient (Wildman–Crippen LogP) is 2.46. The number of benzene rings is 3. The van der Waals surface area contributed by atoms with Crippen LogP contribution >= 0.6 is 0 Å². The lowest BCUT2D eigenvalue weighted by molar-refractivity contribution is -0.118. The van der Waals surface area contributed by atoms with Crippen LogP contribution in [0.3, 0.4) is 0 Å². The molecule has 4 aromatic rings. The molecule has 0 aliphatic heterocycles. The van der Waals surface area contributed by atoms with Gasteiger partial charge in [-0.15, -0.1) is 0 Å². The summed E-state index contributed by atoms with van der Waals surface area (Å²) in [5.41, 5.74) is 6.66. The quantitative estimate of drug-likeness (QED) is 0.177. The molecule has 0 saturated carbocycles. The molecule has 0 atom stereocenters. The third-order valence-electron chi connectivity index (χ3n) is 6.20. The molecule has 3 aromatic carbocycles. The van der Waals surface area contributed by atoms with Gasteiger partial charge in [0, 0.05) is 24.4 Å². The maximum Gasteiger partial charge on any atom is 0.420 e. The van der Waals surface area contributed by atoms with E-state index in [-0.39, 0.29) is 40.7 Å². The lowest BCUT2D eigenvalue weighted by atomic mass is 10.1. The molecule has 15 heteroatoms. The standard InChI is InChI=1S/C31H28FN5O8S/c32-24-10-6-20(7-11-24)14-15-34-28(39)22-8-12-25(13-9-22)46(42,43)37-29(40)23-16-26(44-19-21-4-2-1-3-5-21)30(35-18-23)45-31(41)36-27(38)17-33/h1-13,16,18H,14-15,17,19,33H2,(H,34,39)(H,37,40)(H,36,38,41). The Kier molecular flexibility index (Phi) is 11.1. The summed E-state index contributed by atoms with van der Waals surface area (Å²) in [6.07, 6.45) is 0.219. The molecule has 0 aliphatic rings. The van der Waals surface area contributed by atoms with Crippen molar-refractivity contribution in [3.05, 3.63) is 119 Å². The zero-order valence-corrected chi connectivity index (χ0v) is 24.9. The molecular formula is C31H28FN5O8S. The molecule has 0 spiro atoms. The number of pyridine rings is 1. The fraction of sp³-hybridized carbons (Fsp3) is 0.129. The van der Waals surface area contributed by atoms with Crippen LogP contribution in [0.25, 0.3) is 0 Å². The lowest BCUT2D eigenvalue weighted by Crippen LogP contribution is -2.37. The van der Waals surface area contributed by atoms with Gasteiger partial charge in [0.25, 0.3) is 27.7 Å². The number of nitrogens with two attached hydrogens (primary N) is 1. The number of aromatic nitrogens is 1. The highest BCUT2D eigenvalue weighted by Gasteiger charge is 2.22. The van der Waals surface area contributed by atoms with Gasteiger partial charge in [-0.3, -0.25) is 19.7 Å². The molecule has 238 valence electrons. The van der Waals surface area contributed by atoms with E-state index < -0.39 is 46.3 Å². The van der Waals surface area contributed by atoms with Gasteiger partial charge in [0.2, 0.25) is 5.91 Å². The van der Waals surface area contributed by atoms with E-state index in [1.165, 1.54) is 24.3 Å². The van der Waals surface area contributed by atoms with Crippen molar-refractivity contribution in [3.63, 3.8) is 0 Å². The molecular weight excluding hydrogens is 621 g/mol. The Labute approximate surface area is 263 Å². The SMILES string of the molecule is NCC(=O)NC(=O)Oc1ncc(C(=O)NS(=O)(=O)c2ccc(C(=O)NCCc3ccc(F)cc3)cc2)cc1OCc1ccccc1. The second-order valence-electron chi connectivity index (χ2n) is 9.53. The predicted molar refractivity (Wildman–Crippen MR) is 162 cm³/mol. The smallest absolute Gasteiger partial charge is 0.420 e. The van der Waals surface area contributed by atoms with E-state index in [1.807, 2.05) is 10.0 Å². The van der Waals surface area contributed by atoms with Crippen LogP contribution < -0.4 is 30.6 Å². The molecule has 4 rings (SSSR count). The van der Waals surface area contributed by atoms with E-state index >= 15 is 0 Å². The Morgan fingerprint density at radius 2 is 1.54 bits per heavy atom. The Bertz CT molecular complexity index is 1820. The summed E-state index contributed by atoms with van der Waals surface area (Å²) in [5.74, 6) is -3.29. The van der Waals surface area contributed by atoms with Gasteiger partial charge < -0.3 is 20.5 Å². The van der Waals surface area contributed by atoms with E-state index in [4.69, 9.17) is 15.2 Å². The van der Waals surface area contributed by atoms with E-state index in [9.17, 15) is 32.0 Å². The first-order valence-corrected chi connectivity index (χ1v) is 15.1. The summed E-state index contributed by atoms with van der Waals surface area (Å²) < 4.78 is 51.6. The van der Waals surface area contributed by atoms with Crippen molar-refractivity contribution in [2.75, 3.05) is 13.1 Å². The van der Waals surface area contributed by atoms with Crippen LogP contribution in [0.1, 0.15) is 31.8 Å². The summed E-state index contributed by atoms with van der Waals surface area (Å²) in [6, 6.07) is 20.7. The normalized spacial score (nSPS) is 10.8. The van der Waals surface area contributed by atoms with Crippen molar-refractivity contribution < 1.29 is 41.5 Å². The van der Waals surface area contributed by atoms with Crippen LogP contribution in [-0.2, 0) is 27.8 Å². The number of halogens is 1. The second kappa shape index (κ2) is 15.4. The summed E-state index contributed by atoms with van der Waals surface area (Å²) >= 11 is 0. The first-order chi connectivity index (χ1) is 22.0. The minimum atomic E-state index is -4.40. The number of ether oxygens (including phenoxy) is 2. The number of carbonyl (C=O) groups is 4. The molecule has 0 aliphatic carbocycles. The fourth-order valence-corrected chi connectivity index (χ4v) is 4.82. The fourth-order valence-electron chi connectivity index (χ4n) is 3.85. The number of hydrogen-bond donors (Lipinski definition) is 4. The number of hydrogen-bond acceptors (Lipinski definition) is 10. The first-order valence-electron chi connectivity index (χ1n) is 13.6. The Morgan fingerprint density at radius 3 is 2.22 bits per heavy atom. The number of sulfonamides is 1. The lowest BCUT2D eigenvalue weighted by Gasteiger charge is -2.13. The van der Waals surface area contributed by atoms with Gasteiger partial charge in [-0.2, -0.15) is 0 Å². The third kappa shape index (κ3) is 9.41. The van der Waals surface area contributed by atoms with Gasteiger partial charge in [-0.05, 0) is 53.9 Å². The van der Waals surface area contributed by atoms with Gasteiger partial charge in [0.05, 0.1) is 17.0 Å². The van der Waals surface area contributed by atoms with Crippen LogP contribution in [0.15, 0.2) is 96.0 Å². The largest absolute Gasteiger partial charge is 0.483 e. The Balaban J connectivity index is 1.42. The van der Waals surface area contributed by atoms with Crippen molar-refractivity contribution in [1.29, 1.82) is 0 Å². The van der Waals surface area contributed by atoms with Crippen LogP contribution in [-0.4, -0.2) is 50.3 Å². The molecule has 0 unspecified atom stereocenters. The highest BCUT2D eigenvalue weighted by molar-refractivity contribution is 7.90. The number of nitrogens with zero attached hydrogens (tertiary/aromatic N) is 1. The van der Waals surface area contributed by atoms with Crippen LogP contribution in [0.4, 0.5) is 9.18 Å². The molecule has 1 heterocycles. The summed E-state index contributed by atoms with van der Waals surface area (Å²) in [6.45, 7) is -0.230. The van der Waals surface area contributed by atoms with Crippen LogP contribution in [0.2, 0.25) is 0 Å². The Hall–Kier alpha value is -5.67. The molecule has 1 aromatic heterocycles. The van der Waals surface area contributed by atoms with E-state index in [2.05, 4.69) is 10.3 Å². The van der Waals surface area contributed by atoms with Crippen LogP contribution in [0.5, 0.6) is 11.6 Å². The highest BCUT2D eigenvalue weighted by Crippen LogP contribution is 2.27. The number of rotatable bonds is 12. The van der Waals surface area contributed by atoms with Crippen molar-refractivity contribution in [2.45, 2.75) is 17.9 Å². The van der Waals surface area contributed by atoms with Gasteiger partial charge in [0.15, 0.2) is 5.75 Å². The number of nitrogens with one attached hydrogen (secondary N) is 3. The topological polar surface area (TPSA) is 196 Å². The molecule has 13 nitrogen and oxygen atoms in total. The molecule has 0 radical (unpaired) electrons. The maximum absolute atomic E-state index is 13.1. The molecule has 0 bridgehead atoms. The maximum atomic E-state index is 13.1. The van der Waals surface area contributed by atoms with Gasteiger partial charge in [0.1, 0.15) is 12.4 Å². The van der Waals surface area contributed by atoms with Crippen molar-refractivity contribution in [3.8, 4) is 11.6 Å². The molecule has 0 fully saturated rings. The van der Waals surface area contributed by atoms with Gasteiger partial charge >= 0.3 is 6.09 Å². The monoisotopic (exact) mass is 649 g/mol. The number of amides is 4. The van der Waals surface area contributed by atoms with E-state index in [0.717, 1.165) is 35.5 Å². The average molecular weight is 650 g/mol. The number of imide groups is 1. The van der Waals surface area contributed by atoms with Crippen LogP contribution in [0, 0.1) is 5.82 Å². The minimum Gasteiger partial charge on any atom is -0.483 e. The number of carbonyl (C=O) groups excluding carboxylic acids is 4. The third-order valence-corrected chi connectivity index (χ3v) is 7.55. The van der Waals surface area contributed by atoms with E-state index in [0.29, 0.717) is 6.42 Å². The minimum absolute atomic E-state index is 0.0300. The zero-order chi connectivity index (χ0) is 33.1. The summed E-state index contributed by atoms with van der Waals surface area (Å²) in [4.78, 5) is 52.5. The molecule has 46 heavy (non-hydrogen) atoms. The van der Waals surface area contributed by atoms with Crippen molar-refractivity contribution in [1.82, 2.24) is 20.3 Å². The highest BCUT2D eigenvalue weighted by atomic mass is 32.2. The Morgan fingerprint density at radius 1 is 0.848 bits per heavy atom.